The predicted octanol–water partition coefficient (Wildman–Crippen LogP) is 2.08. The molecule has 2 aromatic heterocycles. The number of fused-ring (bicyclic) bond motifs is 1. The highest BCUT2D eigenvalue weighted by Crippen LogP contribution is 2.27. The summed E-state index contributed by atoms with van der Waals surface area (Å²) in [5, 5.41) is 0. The number of pyridine rings is 1. The summed E-state index contributed by atoms with van der Waals surface area (Å²) in [5.74, 6) is 1.87. The van der Waals surface area contributed by atoms with Crippen molar-refractivity contribution in [3.63, 3.8) is 0 Å². The average molecular weight is 354 g/mol. The van der Waals surface area contributed by atoms with E-state index in [9.17, 15) is 4.79 Å². The molecular formula is C18H22N6O2. The van der Waals surface area contributed by atoms with Crippen LogP contribution in [0.15, 0.2) is 36.5 Å². The van der Waals surface area contributed by atoms with Gasteiger partial charge in [0.15, 0.2) is 5.75 Å². The molecule has 8 nitrogen and oxygen atoms in total. The van der Waals surface area contributed by atoms with Gasteiger partial charge in [-0.15, -0.1) is 0 Å². The molecule has 8 heteroatoms. The number of nitrogens with one attached hydrogen (secondary N) is 1. The van der Waals surface area contributed by atoms with Gasteiger partial charge in [0.2, 0.25) is 0 Å². The first-order valence-corrected chi connectivity index (χ1v) is 8.22. The standard InChI is InChI=1S/C18H22N6O2/c1-23(2)9-10-24(3)15-8-7-12(11-20-15)17-21-13-5-4-6-14(16(13)22-17)26-18(19)25/h4-8,11H,9-10H2,1-3H3,(H2,19,25)(H,21,22). The number of H-pyrrole nitrogens is 1. The number of hydrogen-bond acceptors (Lipinski definition) is 6. The van der Waals surface area contributed by atoms with Gasteiger partial charge in [0, 0.05) is 31.9 Å². The number of anilines is 1. The molecular weight excluding hydrogens is 332 g/mol. The SMILES string of the molecule is CN(C)CCN(C)c1ccc(-c2nc3c(OC(N)=O)cccc3[nH]2)cn1. The molecule has 0 radical (unpaired) electrons. The van der Waals surface area contributed by atoms with Crippen LogP contribution in [0.5, 0.6) is 5.75 Å². The fourth-order valence-corrected chi connectivity index (χ4v) is 2.55. The van der Waals surface area contributed by atoms with Crippen LogP contribution in [0.1, 0.15) is 0 Å². The number of nitrogens with two attached hydrogens (primary N) is 1. The van der Waals surface area contributed by atoms with E-state index in [-0.39, 0.29) is 0 Å². The average Bonchev–Trinajstić information content (AvgIpc) is 3.04. The minimum Gasteiger partial charge on any atom is -0.408 e. The van der Waals surface area contributed by atoms with Crippen LogP contribution >= 0.6 is 0 Å². The largest absolute Gasteiger partial charge is 0.410 e. The molecule has 1 amide bonds. The van der Waals surface area contributed by atoms with Crippen molar-refractivity contribution in [2.75, 3.05) is 39.1 Å². The van der Waals surface area contributed by atoms with Gasteiger partial charge in [0.25, 0.3) is 0 Å². The van der Waals surface area contributed by atoms with E-state index >= 15 is 0 Å². The van der Waals surface area contributed by atoms with E-state index in [4.69, 9.17) is 10.5 Å². The zero-order valence-corrected chi connectivity index (χ0v) is 15.1. The highest BCUT2D eigenvalue weighted by atomic mass is 16.5. The first kappa shape index (κ1) is 17.7. The van der Waals surface area contributed by atoms with Gasteiger partial charge >= 0.3 is 6.09 Å². The monoisotopic (exact) mass is 354 g/mol. The molecule has 26 heavy (non-hydrogen) atoms. The second kappa shape index (κ2) is 7.40. The Balaban J connectivity index is 1.84. The van der Waals surface area contributed by atoms with E-state index in [1.165, 1.54) is 0 Å². The molecule has 0 spiro atoms. The number of carbonyl (C=O) groups is 1. The van der Waals surface area contributed by atoms with Gasteiger partial charge in [-0.05, 0) is 38.4 Å². The third-order valence-electron chi connectivity index (χ3n) is 3.98. The summed E-state index contributed by atoms with van der Waals surface area (Å²) >= 11 is 0. The van der Waals surface area contributed by atoms with Gasteiger partial charge in [-0.3, -0.25) is 0 Å². The van der Waals surface area contributed by atoms with E-state index in [0.29, 0.717) is 17.1 Å². The van der Waals surface area contributed by atoms with E-state index in [1.807, 2.05) is 39.3 Å². The van der Waals surface area contributed by atoms with Crippen LogP contribution in [0.4, 0.5) is 10.6 Å². The van der Waals surface area contributed by atoms with Crippen molar-refractivity contribution in [1.29, 1.82) is 0 Å². The number of ether oxygens (including phenoxy) is 1. The normalized spacial score (nSPS) is 11.1. The number of rotatable bonds is 6. The Hall–Kier alpha value is -3.13. The van der Waals surface area contributed by atoms with Crippen LogP contribution in [0.3, 0.4) is 0 Å². The molecule has 3 aromatic rings. The fourth-order valence-electron chi connectivity index (χ4n) is 2.55. The van der Waals surface area contributed by atoms with E-state index in [1.54, 1.807) is 18.3 Å². The van der Waals surface area contributed by atoms with Crippen molar-refractivity contribution in [2.45, 2.75) is 0 Å². The number of nitrogens with zero attached hydrogens (tertiary/aromatic N) is 4. The number of carbonyl (C=O) groups excluding carboxylic acids is 1. The molecule has 0 saturated heterocycles. The molecule has 3 N–H and O–H groups in total. The lowest BCUT2D eigenvalue weighted by Crippen LogP contribution is -2.28. The summed E-state index contributed by atoms with van der Waals surface area (Å²) in [6, 6.07) is 9.19. The maximum absolute atomic E-state index is 11.0. The van der Waals surface area contributed by atoms with E-state index < -0.39 is 6.09 Å². The van der Waals surface area contributed by atoms with Crippen molar-refractivity contribution in [3.05, 3.63) is 36.5 Å². The van der Waals surface area contributed by atoms with Crippen LogP contribution < -0.4 is 15.4 Å². The van der Waals surface area contributed by atoms with Crippen LogP contribution in [0.25, 0.3) is 22.4 Å². The second-order valence-electron chi connectivity index (χ2n) is 6.29. The fraction of sp³-hybridized carbons (Fsp3) is 0.278. The number of primary amides is 1. The zero-order valence-electron chi connectivity index (χ0n) is 15.1. The molecule has 3 rings (SSSR count). The molecule has 1 aromatic carbocycles. The summed E-state index contributed by atoms with van der Waals surface area (Å²) in [4.78, 5) is 27.5. The van der Waals surface area contributed by atoms with Gasteiger partial charge in [-0.1, -0.05) is 6.07 Å². The quantitative estimate of drug-likeness (QED) is 0.703. The Labute approximate surface area is 151 Å². The predicted molar refractivity (Wildman–Crippen MR) is 101 cm³/mol. The minimum absolute atomic E-state index is 0.325. The summed E-state index contributed by atoms with van der Waals surface area (Å²) in [7, 11) is 6.10. The number of imidazole rings is 1. The van der Waals surface area contributed by atoms with Gasteiger partial charge in [0.05, 0.1) is 5.52 Å². The summed E-state index contributed by atoms with van der Waals surface area (Å²) in [5.41, 5.74) is 7.25. The maximum atomic E-state index is 11.0. The second-order valence-corrected chi connectivity index (χ2v) is 6.29. The number of hydrogen-bond donors (Lipinski definition) is 2. The molecule has 0 bridgehead atoms. The van der Waals surface area contributed by atoms with Crippen molar-refractivity contribution in [3.8, 4) is 17.1 Å². The number of para-hydroxylation sites is 1. The molecule has 0 unspecified atom stereocenters. The molecule has 0 aliphatic carbocycles. The van der Waals surface area contributed by atoms with Gasteiger partial charge in [-0.2, -0.15) is 0 Å². The lowest BCUT2D eigenvalue weighted by atomic mass is 10.2. The third kappa shape index (κ3) is 3.92. The van der Waals surface area contributed by atoms with Crippen molar-refractivity contribution >= 4 is 22.9 Å². The van der Waals surface area contributed by atoms with Crippen molar-refractivity contribution in [2.24, 2.45) is 5.73 Å². The van der Waals surface area contributed by atoms with Gasteiger partial charge in [0.1, 0.15) is 17.2 Å². The third-order valence-corrected chi connectivity index (χ3v) is 3.98. The maximum Gasteiger partial charge on any atom is 0.410 e. The van der Waals surface area contributed by atoms with Gasteiger partial charge in [-0.25, -0.2) is 14.8 Å². The van der Waals surface area contributed by atoms with E-state index in [0.717, 1.165) is 30.0 Å². The van der Waals surface area contributed by atoms with Crippen LogP contribution in [0.2, 0.25) is 0 Å². The smallest absolute Gasteiger partial charge is 0.408 e. The lowest BCUT2D eigenvalue weighted by Gasteiger charge is -2.20. The topological polar surface area (TPSA) is 100 Å². The molecule has 136 valence electrons. The minimum atomic E-state index is -0.867. The zero-order chi connectivity index (χ0) is 18.7. The molecule has 0 saturated carbocycles. The lowest BCUT2D eigenvalue weighted by molar-refractivity contribution is 0.211. The number of likely N-dealkylation sites (N-methyl/N-ethyl adjacent to an activating group) is 2. The number of aromatic amines is 1. The van der Waals surface area contributed by atoms with Crippen LogP contribution in [-0.4, -0.2) is 60.2 Å². The first-order valence-electron chi connectivity index (χ1n) is 8.22. The van der Waals surface area contributed by atoms with Crippen LogP contribution in [-0.2, 0) is 0 Å². The number of benzene rings is 1. The first-order chi connectivity index (χ1) is 12.4. The van der Waals surface area contributed by atoms with E-state index in [2.05, 4.69) is 24.8 Å². The van der Waals surface area contributed by atoms with Gasteiger partial charge < -0.3 is 25.3 Å². The Bertz CT molecular complexity index is 904. The van der Waals surface area contributed by atoms with Crippen molar-refractivity contribution in [1.82, 2.24) is 19.9 Å². The van der Waals surface area contributed by atoms with Crippen molar-refractivity contribution < 1.29 is 9.53 Å². The van der Waals surface area contributed by atoms with Crippen LogP contribution in [0, 0.1) is 0 Å². The molecule has 0 fully saturated rings. The highest BCUT2D eigenvalue weighted by Gasteiger charge is 2.12. The molecule has 0 atom stereocenters. The Morgan fingerprint density at radius 2 is 2.00 bits per heavy atom. The summed E-state index contributed by atoms with van der Waals surface area (Å²) < 4.78 is 5.00. The Morgan fingerprint density at radius 1 is 1.19 bits per heavy atom. The molecule has 2 heterocycles. The Kier molecular flexibility index (Phi) is 5.04. The number of amides is 1. The summed E-state index contributed by atoms with van der Waals surface area (Å²) in [6.07, 6.45) is 0.905. The number of aromatic nitrogens is 3. The molecule has 0 aliphatic rings. The highest BCUT2D eigenvalue weighted by molar-refractivity contribution is 5.87. The summed E-state index contributed by atoms with van der Waals surface area (Å²) in [6.45, 7) is 1.84. The Morgan fingerprint density at radius 3 is 2.65 bits per heavy atom. The molecule has 0 aliphatic heterocycles.